The minimum atomic E-state index is -3.86. The minimum absolute atomic E-state index is 0.0671. The van der Waals surface area contributed by atoms with E-state index in [0.717, 1.165) is 27.7 Å². The first-order chi connectivity index (χ1) is 13.9. The molecule has 0 bridgehead atoms. The number of likely N-dealkylation sites (N-methyl/N-ethyl adjacent to an activating group) is 1. The molecule has 152 valence electrons. The van der Waals surface area contributed by atoms with Gasteiger partial charge in [-0.25, -0.2) is 17.5 Å². The average molecular weight is 416 g/mol. The Morgan fingerprint density at radius 1 is 1.14 bits per heavy atom. The maximum atomic E-state index is 13.0. The van der Waals surface area contributed by atoms with Gasteiger partial charge in [0.05, 0.1) is 23.3 Å². The molecule has 0 aliphatic heterocycles. The third-order valence-corrected chi connectivity index (χ3v) is 6.10. The zero-order valence-electron chi connectivity index (χ0n) is 15.8. The molecule has 0 fully saturated rings. The highest BCUT2D eigenvalue weighted by Gasteiger charge is 2.22. The molecule has 0 saturated heterocycles. The van der Waals surface area contributed by atoms with Gasteiger partial charge in [-0.05, 0) is 48.4 Å². The van der Waals surface area contributed by atoms with E-state index >= 15 is 0 Å². The molecule has 0 radical (unpaired) electrons. The maximum absolute atomic E-state index is 13.0. The number of nitrogens with zero attached hydrogens (tertiary/aromatic N) is 3. The van der Waals surface area contributed by atoms with Crippen LogP contribution in [0.5, 0.6) is 0 Å². The van der Waals surface area contributed by atoms with Crippen LogP contribution in [-0.2, 0) is 21.2 Å². The van der Waals surface area contributed by atoms with E-state index in [1.807, 2.05) is 36.5 Å². The first kappa shape index (κ1) is 20.7. The lowest BCUT2D eigenvalue weighted by Gasteiger charge is -2.16. The standard InChI is InChI=1S/C20H21FN4O3S/c1-24(29(27,28)19-9-7-17(21)8-10-19)15-20(26)22-12-11-16-13-23-25(14-16)18-5-3-2-4-6-18/h2-10,13-14H,11-12,15H2,1H3,(H,22,26). The van der Waals surface area contributed by atoms with Crippen LogP contribution in [0.25, 0.3) is 5.69 Å². The number of benzene rings is 2. The molecule has 3 aromatic rings. The minimum Gasteiger partial charge on any atom is -0.355 e. The van der Waals surface area contributed by atoms with E-state index in [1.165, 1.54) is 19.2 Å². The van der Waals surface area contributed by atoms with Gasteiger partial charge in [-0.3, -0.25) is 4.79 Å². The van der Waals surface area contributed by atoms with Gasteiger partial charge in [-0.15, -0.1) is 0 Å². The molecule has 1 aromatic heterocycles. The number of sulfonamides is 1. The summed E-state index contributed by atoms with van der Waals surface area (Å²) in [7, 11) is -2.56. The Labute approximate surface area is 168 Å². The Hall–Kier alpha value is -3.04. The van der Waals surface area contributed by atoms with Crippen molar-refractivity contribution >= 4 is 15.9 Å². The number of carbonyl (C=O) groups excluding carboxylic acids is 1. The number of aromatic nitrogens is 2. The fourth-order valence-corrected chi connectivity index (χ4v) is 3.81. The number of hydrogen-bond acceptors (Lipinski definition) is 4. The van der Waals surface area contributed by atoms with Gasteiger partial charge in [0.1, 0.15) is 5.82 Å². The van der Waals surface area contributed by atoms with E-state index < -0.39 is 21.7 Å². The summed E-state index contributed by atoms with van der Waals surface area (Å²) in [5.41, 5.74) is 1.89. The van der Waals surface area contributed by atoms with Crippen molar-refractivity contribution in [2.75, 3.05) is 20.1 Å². The van der Waals surface area contributed by atoms with Crippen LogP contribution in [0.3, 0.4) is 0 Å². The molecule has 0 aliphatic carbocycles. The predicted molar refractivity (Wildman–Crippen MR) is 106 cm³/mol. The highest BCUT2D eigenvalue weighted by Crippen LogP contribution is 2.14. The van der Waals surface area contributed by atoms with E-state index in [9.17, 15) is 17.6 Å². The molecule has 7 nitrogen and oxygen atoms in total. The summed E-state index contributed by atoms with van der Waals surface area (Å²) < 4.78 is 40.5. The van der Waals surface area contributed by atoms with Crippen LogP contribution < -0.4 is 5.32 Å². The van der Waals surface area contributed by atoms with Crippen LogP contribution in [0.2, 0.25) is 0 Å². The second kappa shape index (κ2) is 8.97. The van der Waals surface area contributed by atoms with Crippen LogP contribution in [0.15, 0.2) is 71.9 Å². The van der Waals surface area contributed by atoms with E-state index in [-0.39, 0.29) is 11.4 Å². The lowest BCUT2D eigenvalue weighted by Crippen LogP contribution is -2.39. The third kappa shape index (κ3) is 5.27. The second-order valence-electron chi connectivity index (χ2n) is 6.44. The largest absolute Gasteiger partial charge is 0.355 e. The monoisotopic (exact) mass is 416 g/mol. The normalized spacial score (nSPS) is 11.6. The summed E-state index contributed by atoms with van der Waals surface area (Å²) in [6.45, 7) is 0.0206. The van der Waals surface area contributed by atoms with Gasteiger partial charge in [0.2, 0.25) is 15.9 Å². The molecule has 9 heteroatoms. The lowest BCUT2D eigenvalue weighted by atomic mass is 10.2. The summed E-state index contributed by atoms with van der Waals surface area (Å²) in [6, 6.07) is 14.1. The number of rotatable bonds is 8. The molecule has 0 atom stereocenters. The van der Waals surface area contributed by atoms with E-state index in [0.29, 0.717) is 13.0 Å². The van der Waals surface area contributed by atoms with Gasteiger partial charge in [0.25, 0.3) is 0 Å². The maximum Gasteiger partial charge on any atom is 0.243 e. The molecule has 3 rings (SSSR count). The molecule has 0 saturated carbocycles. The topological polar surface area (TPSA) is 84.3 Å². The molecular formula is C20H21FN4O3S. The molecule has 0 aliphatic rings. The summed E-state index contributed by atoms with van der Waals surface area (Å²) >= 11 is 0. The molecule has 2 aromatic carbocycles. The number of amides is 1. The molecular weight excluding hydrogens is 395 g/mol. The van der Waals surface area contributed by atoms with Crippen LogP contribution in [0.4, 0.5) is 4.39 Å². The zero-order chi connectivity index (χ0) is 20.9. The fraction of sp³-hybridized carbons (Fsp3) is 0.200. The Bertz CT molecular complexity index is 1070. The van der Waals surface area contributed by atoms with Crippen molar-refractivity contribution in [1.29, 1.82) is 0 Å². The van der Waals surface area contributed by atoms with E-state index in [1.54, 1.807) is 10.9 Å². The number of halogens is 1. The fourth-order valence-electron chi connectivity index (χ4n) is 2.69. The molecule has 29 heavy (non-hydrogen) atoms. The van der Waals surface area contributed by atoms with Crippen LogP contribution >= 0.6 is 0 Å². The van der Waals surface area contributed by atoms with Crippen LogP contribution in [0, 0.1) is 5.82 Å². The highest BCUT2D eigenvalue weighted by molar-refractivity contribution is 7.89. The number of hydrogen-bond donors (Lipinski definition) is 1. The summed E-state index contributed by atoms with van der Waals surface area (Å²) in [6.07, 6.45) is 4.17. The summed E-state index contributed by atoms with van der Waals surface area (Å²) in [5.74, 6) is -0.950. The van der Waals surface area contributed by atoms with Gasteiger partial charge in [0.15, 0.2) is 0 Å². The Kier molecular flexibility index (Phi) is 6.40. The van der Waals surface area contributed by atoms with Crippen molar-refractivity contribution in [2.45, 2.75) is 11.3 Å². The van der Waals surface area contributed by atoms with Gasteiger partial charge in [-0.1, -0.05) is 18.2 Å². The first-order valence-corrected chi connectivity index (χ1v) is 10.4. The average Bonchev–Trinajstić information content (AvgIpc) is 3.18. The van der Waals surface area contributed by atoms with Crippen LogP contribution in [-0.4, -0.2) is 48.5 Å². The van der Waals surface area contributed by atoms with Gasteiger partial charge in [0, 0.05) is 19.8 Å². The Balaban J connectivity index is 1.50. The summed E-state index contributed by atoms with van der Waals surface area (Å²) in [4.78, 5) is 12.0. The smallest absolute Gasteiger partial charge is 0.243 e. The SMILES string of the molecule is CN(CC(=O)NCCc1cnn(-c2ccccc2)c1)S(=O)(=O)c1ccc(F)cc1. The highest BCUT2D eigenvalue weighted by atomic mass is 32.2. The van der Waals surface area contributed by atoms with Gasteiger partial charge in [-0.2, -0.15) is 9.40 Å². The van der Waals surface area contributed by atoms with Crippen molar-refractivity contribution in [1.82, 2.24) is 19.4 Å². The van der Waals surface area contributed by atoms with Gasteiger partial charge >= 0.3 is 0 Å². The molecule has 0 unspecified atom stereocenters. The second-order valence-corrected chi connectivity index (χ2v) is 8.49. The Morgan fingerprint density at radius 2 is 1.83 bits per heavy atom. The summed E-state index contributed by atoms with van der Waals surface area (Å²) in [5, 5.41) is 7.00. The van der Waals surface area contributed by atoms with Crippen molar-refractivity contribution < 1.29 is 17.6 Å². The third-order valence-electron chi connectivity index (χ3n) is 4.28. The zero-order valence-corrected chi connectivity index (χ0v) is 16.6. The first-order valence-electron chi connectivity index (χ1n) is 8.94. The molecule has 1 amide bonds. The Morgan fingerprint density at radius 3 is 2.52 bits per heavy atom. The molecule has 1 heterocycles. The van der Waals surface area contributed by atoms with Crippen molar-refractivity contribution in [3.05, 3.63) is 78.4 Å². The lowest BCUT2D eigenvalue weighted by molar-refractivity contribution is -0.121. The number of nitrogens with one attached hydrogen (secondary N) is 1. The molecule has 0 spiro atoms. The van der Waals surface area contributed by atoms with Crippen molar-refractivity contribution in [3.8, 4) is 5.69 Å². The van der Waals surface area contributed by atoms with Crippen molar-refractivity contribution in [3.63, 3.8) is 0 Å². The van der Waals surface area contributed by atoms with E-state index in [2.05, 4.69) is 10.4 Å². The quantitative estimate of drug-likeness (QED) is 0.609. The van der Waals surface area contributed by atoms with E-state index in [4.69, 9.17) is 0 Å². The number of carbonyl (C=O) groups is 1. The molecule has 1 N–H and O–H groups in total. The van der Waals surface area contributed by atoms with Crippen molar-refractivity contribution in [2.24, 2.45) is 0 Å². The predicted octanol–water partition coefficient (Wildman–Crippen LogP) is 1.99. The van der Waals surface area contributed by atoms with Gasteiger partial charge < -0.3 is 5.32 Å². The van der Waals surface area contributed by atoms with Crippen LogP contribution in [0.1, 0.15) is 5.56 Å². The number of para-hydroxylation sites is 1.